The third kappa shape index (κ3) is 6.63. The monoisotopic (exact) mass is 532 g/mol. The molecule has 0 atom stereocenters. The fourth-order valence-corrected chi connectivity index (χ4v) is 4.02. The lowest BCUT2D eigenvalue weighted by Crippen LogP contribution is -2.41. The third-order valence-corrected chi connectivity index (χ3v) is 5.74. The highest BCUT2D eigenvalue weighted by Gasteiger charge is 2.20. The SMILES string of the molecule is CCNC(=NCc1ccc(Cl)cc1)NCCC(=O)N1CCc2sccc2C1.I. The number of carbonyl (C=O) groups is 1. The van der Waals surface area contributed by atoms with Gasteiger partial charge in [0.2, 0.25) is 5.91 Å². The van der Waals surface area contributed by atoms with Crippen LogP contribution < -0.4 is 10.6 Å². The van der Waals surface area contributed by atoms with Gasteiger partial charge >= 0.3 is 0 Å². The van der Waals surface area contributed by atoms with Crippen LogP contribution in [0.5, 0.6) is 0 Å². The Hall–Kier alpha value is -1.32. The van der Waals surface area contributed by atoms with Crippen molar-refractivity contribution in [1.29, 1.82) is 0 Å². The van der Waals surface area contributed by atoms with Crippen molar-refractivity contribution < 1.29 is 4.79 Å². The van der Waals surface area contributed by atoms with Crippen LogP contribution in [0.2, 0.25) is 5.02 Å². The summed E-state index contributed by atoms with van der Waals surface area (Å²) in [6, 6.07) is 9.79. The van der Waals surface area contributed by atoms with Crippen molar-refractivity contribution in [1.82, 2.24) is 15.5 Å². The molecular weight excluding hydrogens is 507 g/mol. The first kappa shape index (κ1) is 23.0. The van der Waals surface area contributed by atoms with E-state index in [1.165, 1.54) is 10.4 Å². The van der Waals surface area contributed by atoms with Gasteiger partial charge in [-0.05, 0) is 48.1 Å². The number of aliphatic imine (C=N–C) groups is 1. The number of thiophene rings is 1. The maximum atomic E-state index is 12.5. The summed E-state index contributed by atoms with van der Waals surface area (Å²) < 4.78 is 0. The summed E-state index contributed by atoms with van der Waals surface area (Å²) in [6.07, 6.45) is 1.43. The van der Waals surface area contributed by atoms with Crippen molar-refractivity contribution in [3.05, 3.63) is 56.7 Å². The number of benzene rings is 1. The van der Waals surface area contributed by atoms with Gasteiger partial charge in [-0.15, -0.1) is 35.3 Å². The number of rotatable bonds is 6. The predicted octanol–water partition coefficient (Wildman–Crippen LogP) is 4.05. The lowest BCUT2D eigenvalue weighted by molar-refractivity contribution is -0.131. The Balaban J connectivity index is 0.00000280. The zero-order valence-corrected chi connectivity index (χ0v) is 19.8. The zero-order valence-electron chi connectivity index (χ0n) is 15.9. The van der Waals surface area contributed by atoms with Crippen LogP contribution >= 0.6 is 46.9 Å². The quantitative estimate of drug-likeness (QED) is 0.335. The van der Waals surface area contributed by atoms with Crippen LogP contribution in [0.15, 0.2) is 40.7 Å². The van der Waals surface area contributed by atoms with Gasteiger partial charge in [0.15, 0.2) is 5.96 Å². The molecule has 5 nitrogen and oxygen atoms in total. The van der Waals surface area contributed by atoms with Gasteiger partial charge in [-0.1, -0.05) is 23.7 Å². The molecule has 0 fully saturated rings. The molecule has 1 aromatic carbocycles. The van der Waals surface area contributed by atoms with Crippen molar-refractivity contribution in [2.45, 2.75) is 32.9 Å². The van der Waals surface area contributed by atoms with E-state index in [0.717, 1.165) is 42.6 Å². The number of nitrogens with one attached hydrogen (secondary N) is 2. The standard InChI is InChI=1S/C20H25ClN4OS.HI/c1-2-22-20(24-13-15-3-5-17(21)6-4-15)23-10-7-19(26)25-11-8-18-16(14-25)9-12-27-18;/h3-6,9,12H,2,7-8,10-11,13-14H2,1H3,(H2,22,23,24);1H. The molecule has 1 amide bonds. The van der Waals surface area contributed by atoms with Gasteiger partial charge < -0.3 is 15.5 Å². The highest BCUT2D eigenvalue weighted by molar-refractivity contribution is 14.0. The van der Waals surface area contributed by atoms with Crippen molar-refractivity contribution in [3.63, 3.8) is 0 Å². The van der Waals surface area contributed by atoms with E-state index >= 15 is 0 Å². The predicted molar refractivity (Wildman–Crippen MR) is 128 cm³/mol. The van der Waals surface area contributed by atoms with E-state index in [1.54, 1.807) is 11.3 Å². The van der Waals surface area contributed by atoms with Gasteiger partial charge in [0.1, 0.15) is 0 Å². The second-order valence-corrected chi connectivity index (χ2v) is 7.87. The fourth-order valence-electron chi connectivity index (χ4n) is 3.01. The van der Waals surface area contributed by atoms with Crippen LogP contribution in [0.25, 0.3) is 0 Å². The van der Waals surface area contributed by atoms with E-state index in [2.05, 4.69) is 27.1 Å². The Morgan fingerprint density at radius 3 is 2.79 bits per heavy atom. The first-order valence-corrected chi connectivity index (χ1v) is 10.5. The molecule has 3 rings (SSSR count). The minimum absolute atomic E-state index is 0. The van der Waals surface area contributed by atoms with E-state index < -0.39 is 0 Å². The van der Waals surface area contributed by atoms with Crippen molar-refractivity contribution in [3.8, 4) is 0 Å². The molecule has 2 heterocycles. The average molecular weight is 533 g/mol. The number of halogens is 2. The fraction of sp³-hybridized carbons (Fsp3) is 0.400. The molecule has 1 aliphatic heterocycles. The normalized spacial score (nSPS) is 13.5. The molecule has 0 saturated carbocycles. The van der Waals surface area contributed by atoms with Gasteiger partial charge in [0, 0.05) is 42.5 Å². The second-order valence-electron chi connectivity index (χ2n) is 6.43. The Kier molecular flexibility index (Phi) is 9.53. The summed E-state index contributed by atoms with van der Waals surface area (Å²) in [6.45, 7) is 5.48. The number of carbonyl (C=O) groups excluding carboxylic acids is 1. The average Bonchev–Trinajstić information content (AvgIpc) is 3.15. The van der Waals surface area contributed by atoms with Crippen LogP contribution in [0.4, 0.5) is 0 Å². The van der Waals surface area contributed by atoms with E-state index in [0.29, 0.717) is 19.5 Å². The lowest BCUT2D eigenvalue weighted by atomic mass is 10.1. The molecule has 0 radical (unpaired) electrons. The summed E-state index contributed by atoms with van der Waals surface area (Å²) in [4.78, 5) is 20.4. The number of amides is 1. The molecule has 152 valence electrons. The maximum Gasteiger partial charge on any atom is 0.224 e. The van der Waals surface area contributed by atoms with E-state index in [-0.39, 0.29) is 29.9 Å². The van der Waals surface area contributed by atoms with Crippen LogP contribution in [-0.4, -0.2) is 36.4 Å². The molecule has 0 unspecified atom stereocenters. The van der Waals surface area contributed by atoms with E-state index in [9.17, 15) is 4.79 Å². The number of guanidine groups is 1. The van der Waals surface area contributed by atoms with Crippen LogP contribution in [-0.2, 0) is 24.3 Å². The minimum Gasteiger partial charge on any atom is -0.357 e. The first-order valence-electron chi connectivity index (χ1n) is 9.25. The van der Waals surface area contributed by atoms with Gasteiger partial charge in [-0.2, -0.15) is 0 Å². The lowest BCUT2D eigenvalue weighted by Gasteiger charge is -2.27. The van der Waals surface area contributed by atoms with Gasteiger partial charge in [0.05, 0.1) is 6.54 Å². The first-order chi connectivity index (χ1) is 13.2. The molecule has 0 spiro atoms. The molecule has 1 aromatic heterocycles. The van der Waals surface area contributed by atoms with E-state index in [4.69, 9.17) is 11.6 Å². The highest BCUT2D eigenvalue weighted by atomic mass is 127. The molecule has 2 N–H and O–H groups in total. The molecule has 0 aliphatic carbocycles. The molecule has 0 saturated heterocycles. The van der Waals surface area contributed by atoms with Crippen LogP contribution in [0.3, 0.4) is 0 Å². The molecule has 8 heteroatoms. The van der Waals surface area contributed by atoms with Crippen molar-refractivity contribution >= 4 is 58.8 Å². The summed E-state index contributed by atoms with van der Waals surface area (Å²) in [7, 11) is 0. The molecule has 1 aliphatic rings. The van der Waals surface area contributed by atoms with Gasteiger partial charge in [-0.25, -0.2) is 4.99 Å². The number of hydrogen-bond acceptors (Lipinski definition) is 3. The molecule has 2 aromatic rings. The number of nitrogens with zero attached hydrogens (tertiary/aromatic N) is 2. The Labute approximate surface area is 192 Å². The number of fused-ring (bicyclic) bond motifs is 1. The largest absolute Gasteiger partial charge is 0.357 e. The summed E-state index contributed by atoms with van der Waals surface area (Å²) >= 11 is 7.70. The Morgan fingerprint density at radius 2 is 2.04 bits per heavy atom. The highest BCUT2D eigenvalue weighted by Crippen LogP contribution is 2.24. The number of hydrogen-bond donors (Lipinski definition) is 2. The maximum absolute atomic E-state index is 12.5. The van der Waals surface area contributed by atoms with Crippen molar-refractivity contribution in [2.75, 3.05) is 19.6 Å². The van der Waals surface area contributed by atoms with Gasteiger partial charge in [0.25, 0.3) is 0 Å². The Bertz CT molecular complexity index is 794. The summed E-state index contributed by atoms with van der Waals surface area (Å²) in [5, 5.41) is 9.30. The Morgan fingerprint density at radius 1 is 1.25 bits per heavy atom. The van der Waals surface area contributed by atoms with E-state index in [1.807, 2.05) is 36.1 Å². The molecule has 0 bridgehead atoms. The minimum atomic E-state index is 0. The summed E-state index contributed by atoms with van der Waals surface area (Å²) in [5.41, 5.74) is 2.39. The van der Waals surface area contributed by atoms with Gasteiger partial charge in [-0.3, -0.25) is 4.79 Å². The third-order valence-electron chi connectivity index (χ3n) is 4.47. The van der Waals surface area contributed by atoms with Crippen LogP contribution in [0.1, 0.15) is 29.3 Å². The van der Waals surface area contributed by atoms with Crippen molar-refractivity contribution in [2.24, 2.45) is 4.99 Å². The molecule has 28 heavy (non-hydrogen) atoms. The topological polar surface area (TPSA) is 56.7 Å². The smallest absolute Gasteiger partial charge is 0.224 e. The summed E-state index contributed by atoms with van der Waals surface area (Å²) in [5.74, 6) is 0.909. The molecular formula is C20H26ClIN4OS. The second kappa shape index (κ2) is 11.6. The zero-order chi connectivity index (χ0) is 19.1. The van der Waals surface area contributed by atoms with Crippen LogP contribution in [0, 0.1) is 0 Å².